The van der Waals surface area contributed by atoms with Crippen molar-refractivity contribution in [2.24, 2.45) is 0 Å². The maximum absolute atomic E-state index is 12.0. The molecule has 0 spiro atoms. The molecule has 21 heavy (non-hydrogen) atoms. The Morgan fingerprint density at radius 1 is 1.10 bits per heavy atom. The van der Waals surface area contributed by atoms with E-state index >= 15 is 0 Å². The summed E-state index contributed by atoms with van der Waals surface area (Å²) in [5.41, 5.74) is 0.724. The molecule has 4 nitrogen and oxygen atoms in total. The summed E-state index contributed by atoms with van der Waals surface area (Å²) in [6, 6.07) is 7.36. The van der Waals surface area contributed by atoms with Crippen LogP contribution in [0.2, 0.25) is 0 Å². The van der Waals surface area contributed by atoms with Gasteiger partial charge in [-0.25, -0.2) is 4.79 Å². The van der Waals surface area contributed by atoms with Crippen molar-refractivity contribution in [1.82, 2.24) is 9.13 Å². The minimum absolute atomic E-state index is 0.00735. The van der Waals surface area contributed by atoms with Gasteiger partial charge in [0, 0.05) is 41.9 Å². The third-order valence-corrected chi connectivity index (χ3v) is 3.88. The zero-order valence-corrected chi connectivity index (χ0v) is 13.7. The molecule has 1 aromatic carbocycles. The van der Waals surface area contributed by atoms with Crippen LogP contribution < -0.4 is 5.69 Å². The lowest BCUT2D eigenvalue weighted by atomic mass is 10.1. The lowest BCUT2D eigenvalue weighted by molar-refractivity contribution is 0.0978. The van der Waals surface area contributed by atoms with Gasteiger partial charge in [0.25, 0.3) is 0 Å². The molecule has 2 rings (SSSR count). The Hall–Kier alpha value is -1.62. The van der Waals surface area contributed by atoms with Crippen LogP contribution >= 0.6 is 15.9 Å². The summed E-state index contributed by atoms with van der Waals surface area (Å²) in [5, 5.41) is 0. The second-order valence-corrected chi connectivity index (χ2v) is 5.92. The van der Waals surface area contributed by atoms with Gasteiger partial charge < -0.3 is 0 Å². The van der Waals surface area contributed by atoms with Gasteiger partial charge in [-0.15, -0.1) is 0 Å². The first kappa shape index (κ1) is 15.8. The Morgan fingerprint density at radius 2 is 1.71 bits per heavy atom. The molecule has 0 saturated heterocycles. The molecule has 1 aromatic heterocycles. The molecule has 1 heterocycles. The molecule has 0 atom stereocenters. The smallest absolute Gasteiger partial charge is 0.299 e. The van der Waals surface area contributed by atoms with Crippen molar-refractivity contribution >= 4 is 21.7 Å². The summed E-state index contributed by atoms with van der Waals surface area (Å²) in [7, 11) is 0. The monoisotopic (exact) mass is 350 g/mol. The number of imidazole rings is 1. The summed E-state index contributed by atoms with van der Waals surface area (Å²) >= 11 is 3.35. The number of benzene rings is 1. The number of halogens is 1. The van der Waals surface area contributed by atoms with E-state index in [4.69, 9.17) is 0 Å². The summed E-state index contributed by atoms with van der Waals surface area (Å²) in [6.45, 7) is 3.36. The highest BCUT2D eigenvalue weighted by atomic mass is 79.9. The summed E-state index contributed by atoms with van der Waals surface area (Å²) < 4.78 is 4.34. The van der Waals surface area contributed by atoms with Crippen LogP contribution in [0.3, 0.4) is 0 Å². The van der Waals surface area contributed by atoms with E-state index in [0.717, 1.165) is 17.4 Å². The number of hydrogen-bond acceptors (Lipinski definition) is 2. The van der Waals surface area contributed by atoms with E-state index in [1.165, 1.54) is 0 Å². The zero-order valence-electron chi connectivity index (χ0n) is 12.1. The van der Waals surface area contributed by atoms with Crippen LogP contribution in [0.1, 0.15) is 36.5 Å². The summed E-state index contributed by atoms with van der Waals surface area (Å²) in [6.07, 6.45) is 5.66. The van der Waals surface area contributed by atoms with Gasteiger partial charge in [0.2, 0.25) is 0 Å². The van der Waals surface area contributed by atoms with E-state index in [-0.39, 0.29) is 11.5 Å². The Kier molecular flexibility index (Phi) is 5.56. The molecular formula is C16H19BrN2O2. The molecule has 0 saturated carbocycles. The molecule has 0 radical (unpaired) electrons. The van der Waals surface area contributed by atoms with E-state index in [2.05, 4.69) is 15.9 Å². The number of rotatable bonds is 7. The molecule has 112 valence electrons. The van der Waals surface area contributed by atoms with Crippen LogP contribution in [0.4, 0.5) is 0 Å². The number of aryl methyl sites for hydroxylation is 2. The maximum atomic E-state index is 12.0. The zero-order chi connectivity index (χ0) is 15.2. The fraction of sp³-hybridized carbons (Fsp3) is 0.375. The van der Waals surface area contributed by atoms with Gasteiger partial charge >= 0.3 is 5.69 Å². The van der Waals surface area contributed by atoms with Crippen molar-refractivity contribution in [2.45, 2.75) is 39.3 Å². The Balaban J connectivity index is 1.88. The first-order valence-electron chi connectivity index (χ1n) is 7.16. The number of aromatic nitrogens is 2. The molecule has 0 N–H and O–H groups in total. The molecule has 0 amide bonds. The SMILES string of the molecule is CCCn1ccn(CCCC(=O)c2ccc(Br)cc2)c1=O. The third kappa shape index (κ3) is 4.17. The van der Waals surface area contributed by atoms with E-state index in [0.29, 0.717) is 24.9 Å². The normalized spacial score (nSPS) is 10.8. The first-order chi connectivity index (χ1) is 10.1. The van der Waals surface area contributed by atoms with Crippen LogP contribution in [0.5, 0.6) is 0 Å². The fourth-order valence-electron chi connectivity index (χ4n) is 2.22. The quantitative estimate of drug-likeness (QED) is 0.717. The van der Waals surface area contributed by atoms with Crippen molar-refractivity contribution < 1.29 is 4.79 Å². The van der Waals surface area contributed by atoms with Crippen LogP contribution in [0.15, 0.2) is 45.9 Å². The average molecular weight is 351 g/mol. The second-order valence-electron chi connectivity index (χ2n) is 5.00. The van der Waals surface area contributed by atoms with E-state index in [9.17, 15) is 9.59 Å². The Bertz CT molecular complexity index is 656. The largest absolute Gasteiger partial charge is 0.328 e. The van der Waals surface area contributed by atoms with Crippen molar-refractivity contribution in [3.63, 3.8) is 0 Å². The van der Waals surface area contributed by atoms with Crippen molar-refractivity contribution in [3.05, 3.63) is 57.2 Å². The van der Waals surface area contributed by atoms with Crippen LogP contribution in [-0.4, -0.2) is 14.9 Å². The van der Waals surface area contributed by atoms with Crippen LogP contribution in [0.25, 0.3) is 0 Å². The summed E-state index contributed by atoms with van der Waals surface area (Å²) in [5.74, 6) is 0.114. The molecule has 0 bridgehead atoms. The lowest BCUT2D eigenvalue weighted by Crippen LogP contribution is -2.24. The number of carbonyl (C=O) groups is 1. The average Bonchev–Trinajstić information content (AvgIpc) is 2.81. The van der Waals surface area contributed by atoms with Crippen LogP contribution in [-0.2, 0) is 13.1 Å². The fourth-order valence-corrected chi connectivity index (χ4v) is 2.49. The predicted octanol–water partition coefficient (Wildman–Crippen LogP) is 3.49. The molecular weight excluding hydrogens is 332 g/mol. The molecule has 2 aromatic rings. The Morgan fingerprint density at radius 3 is 2.33 bits per heavy atom. The van der Waals surface area contributed by atoms with Gasteiger partial charge in [0.15, 0.2) is 5.78 Å². The van der Waals surface area contributed by atoms with Crippen molar-refractivity contribution in [1.29, 1.82) is 0 Å². The number of Topliss-reactive ketones (excluding diaryl/α,β-unsaturated/α-hetero) is 1. The van der Waals surface area contributed by atoms with Gasteiger partial charge in [-0.3, -0.25) is 13.9 Å². The predicted molar refractivity (Wildman–Crippen MR) is 86.7 cm³/mol. The highest BCUT2D eigenvalue weighted by molar-refractivity contribution is 9.10. The molecule has 0 fully saturated rings. The van der Waals surface area contributed by atoms with Crippen LogP contribution in [0, 0.1) is 0 Å². The van der Waals surface area contributed by atoms with Crippen molar-refractivity contribution in [2.75, 3.05) is 0 Å². The highest BCUT2D eigenvalue weighted by Crippen LogP contribution is 2.12. The lowest BCUT2D eigenvalue weighted by Gasteiger charge is -2.03. The summed E-state index contributed by atoms with van der Waals surface area (Å²) in [4.78, 5) is 24.0. The topological polar surface area (TPSA) is 44.0 Å². The van der Waals surface area contributed by atoms with Gasteiger partial charge in [0.05, 0.1) is 0 Å². The van der Waals surface area contributed by atoms with E-state index < -0.39 is 0 Å². The Labute approximate surface area is 132 Å². The van der Waals surface area contributed by atoms with Gasteiger partial charge in [-0.2, -0.15) is 0 Å². The van der Waals surface area contributed by atoms with Gasteiger partial charge in [-0.1, -0.05) is 35.0 Å². The number of hydrogen-bond donors (Lipinski definition) is 0. The van der Waals surface area contributed by atoms with E-state index in [1.807, 2.05) is 37.4 Å². The first-order valence-corrected chi connectivity index (χ1v) is 7.95. The standard InChI is InChI=1S/C16H19BrN2O2/c1-2-9-18-11-12-19(16(18)21)10-3-4-15(20)13-5-7-14(17)8-6-13/h5-8,11-12H,2-4,9-10H2,1H3. The van der Waals surface area contributed by atoms with Gasteiger partial charge in [-0.05, 0) is 25.0 Å². The van der Waals surface area contributed by atoms with Crippen molar-refractivity contribution in [3.8, 4) is 0 Å². The van der Waals surface area contributed by atoms with E-state index in [1.54, 1.807) is 15.3 Å². The third-order valence-electron chi connectivity index (χ3n) is 3.35. The van der Waals surface area contributed by atoms with Gasteiger partial charge in [0.1, 0.15) is 0 Å². The maximum Gasteiger partial charge on any atom is 0.328 e. The molecule has 0 aliphatic rings. The number of ketones is 1. The number of nitrogens with zero attached hydrogens (tertiary/aromatic N) is 2. The molecule has 0 unspecified atom stereocenters. The minimum Gasteiger partial charge on any atom is -0.299 e. The molecule has 0 aliphatic heterocycles. The molecule has 0 aliphatic carbocycles. The molecule has 5 heteroatoms. The second kappa shape index (κ2) is 7.41. The minimum atomic E-state index is 0.00735. The number of carbonyl (C=O) groups excluding carboxylic acids is 1. The highest BCUT2D eigenvalue weighted by Gasteiger charge is 2.07.